The number of nitrogens with two attached hydrogens (primary N) is 1. The van der Waals surface area contributed by atoms with Gasteiger partial charge in [0, 0.05) is 43.7 Å². The Morgan fingerprint density at radius 3 is 2.16 bits per heavy atom. The highest BCUT2D eigenvalue weighted by Gasteiger charge is 2.39. The Balaban J connectivity index is 1.45. The number of likely N-dealkylation sites (tertiary alicyclic amines) is 1. The van der Waals surface area contributed by atoms with E-state index >= 15 is 0 Å². The maximum absolute atomic E-state index is 13.2. The molecule has 0 bridgehead atoms. The quantitative estimate of drug-likeness (QED) is 0.0963. The molecule has 4 rings (SSSR count). The van der Waals surface area contributed by atoms with Crippen LogP contribution in [0.5, 0.6) is 11.5 Å². The first-order valence-corrected chi connectivity index (χ1v) is 16.8. The molecule has 264 valence electrons. The number of nitrogens with one attached hydrogen (secondary N) is 2. The fourth-order valence-corrected chi connectivity index (χ4v) is 6.00. The summed E-state index contributed by atoms with van der Waals surface area (Å²) in [5.41, 5.74) is 7.26. The van der Waals surface area contributed by atoms with E-state index in [2.05, 4.69) is 5.32 Å². The lowest BCUT2D eigenvalue weighted by molar-refractivity contribution is -0.125. The van der Waals surface area contributed by atoms with Crippen molar-refractivity contribution in [2.24, 2.45) is 5.73 Å². The highest BCUT2D eigenvalue weighted by atomic mass is 16.5. The molecule has 2 atom stereocenters. The van der Waals surface area contributed by atoms with Crippen LogP contribution in [0.1, 0.15) is 92.9 Å². The lowest BCUT2D eigenvalue weighted by Gasteiger charge is -2.36. The summed E-state index contributed by atoms with van der Waals surface area (Å²) in [7, 11) is 0. The fourth-order valence-electron chi connectivity index (χ4n) is 6.00. The van der Waals surface area contributed by atoms with Gasteiger partial charge in [-0.1, -0.05) is 26.0 Å². The van der Waals surface area contributed by atoms with E-state index < -0.39 is 23.3 Å². The van der Waals surface area contributed by atoms with Gasteiger partial charge < -0.3 is 40.9 Å². The summed E-state index contributed by atoms with van der Waals surface area (Å²) in [4.78, 5) is 29.3. The van der Waals surface area contributed by atoms with Gasteiger partial charge in [-0.3, -0.25) is 15.0 Å². The molecule has 0 saturated carbocycles. The number of hydrogen-bond donors (Lipinski definition) is 6. The predicted octanol–water partition coefficient (Wildman–Crippen LogP) is 4.74. The Morgan fingerprint density at radius 1 is 1.04 bits per heavy atom. The monoisotopic (exact) mass is 673 g/mol. The largest absolute Gasteiger partial charge is 0.507 e. The number of amides is 2. The molecule has 0 radical (unpaired) electrons. The lowest BCUT2D eigenvalue weighted by Crippen LogP contribution is -2.55. The third-order valence-electron chi connectivity index (χ3n) is 9.43. The van der Waals surface area contributed by atoms with Crippen LogP contribution in [0.2, 0.25) is 0 Å². The minimum Gasteiger partial charge on any atom is -0.507 e. The summed E-state index contributed by atoms with van der Waals surface area (Å²) in [6.45, 7) is 13.8. The highest BCUT2D eigenvalue weighted by molar-refractivity contribution is 6.12. The first kappa shape index (κ1) is 37.4. The standard InChI is InChI=1S/C38H51N5O6/c1-8-41-35(45)34(40)43(33(39)31-22-30(23(2)3)24(4)21-32(31)44)27-13-15-28(16-14-27)49-29-17-19-42(20-18-29)36(46)25-9-11-26(12-10-25)38(7,48)37(5,6)47/h9-16,21-23,29,34,39,44,47-48H,8,17-20,40H2,1-7H3,(H,41,45). The SMILES string of the molecule is CCNC(=O)C(N)N(C(=N)c1cc(C(C)C)c(C)cc1O)c1ccc(OC2CCN(C(=O)c3ccc(C(C)(O)C(C)(C)O)cc3)CC2)cc1. The molecule has 0 aliphatic carbocycles. The number of rotatable bonds is 11. The zero-order chi connectivity index (χ0) is 36.3. The Hall–Kier alpha value is -4.45. The van der Waals surface area contributed by atoms with Gasteiger partial charge in [-0.2, -0.15) is 0 Å². The summed E-state index contributed by atoms with van der Waals surface area (Å²) in [5, 5.41) is 43.7. The summed E-state index contributed by atoms with van der Waals surface area (Å²) in [6, 6.07) is 17.1. The number of phenolic OH excluding ortho intramolecular Hbond substituents is 1. The molecule has 49 heavy (non-hydrogen) atoms. The molecule has 11 nitrogen and oxygen atoms in total. The minimum absolute atomic E-state index is 0.0688. The van der Waals surface area contributed by atoms with Crippen molar-refractivity contribution in [1.29, 1.82) is 5.41 Å². The number of piperidine rings is 1. The van der Waals surface area contributed by atoms with Crippen LogP contribution in [-0.4, -0.2) is 75.4 Å². The molecular formula is C38H51N5O6. The Bertz CT molecular complexity index is 1640. The van der Waals surface area contributed by atoms with Gasteiger partial charge in [-0.25, -0.2) is 0 Å². The molecule has 2 amide bonds. The van der Waals surface area contributed by atoms with Crippen molar-refractivity contribution < 1.29 is 29.6 Å². The molecule has 3 aromatic carbocycles. The maximum Gasteiger partial charge on any atom is 0.257 e. The van der Waals surface area contributed by atoms with E-state index in [1.54, 1.807) is 79.4 Å². The molecule has 3 aromatic rings. The van der Waals surface area contributed by atoms with Crippen molar-refractivity contribution in [1.82, 2.24) is 10.2 Å². The smallest absolute Gasteiger partial charge is 0.257 e. The maximum atomic E-state index is 13.2. The van der Waals surface area contributed by atoms with Crippen molar-refractivity contribution in [3.05, 3.63) is 88.5 Å². The number of carbonyl (C=O) groups is 2. The van der Waals surface area contributed by atoms with Crippen molar-refractivity contribution in [2.45, 2.75) is 90.7 Å². The van der Waals surface area contributed by atoms with Crippen LogP contribution in [0.3, 0.4) is 0 Å². The average molecular weight is 674 g/mol. The van der Waals surface area contributed by atoms with E-state index in [0.717, 1.165) is 11.1 Å². The Kier molecular flexibility index (Phi) is 11.4. The topological polar surface area (TPSA) is 172 Å². The number of carbonyl (C=O) groups excluding carboxylic acids is 2. The molecule has 2 unspecified atom stereocenters. The van der Waals surface area contributed by atoms with E-state index in [-0.39, 0.29) is 35.1 Å². The molecule has 0 aromatic heterocycles. The van der Waals surface area contributed by atoms with Crippen LogP contribution >= 0.6 is 0 Å². The first-order valence-electron chi connectivity index (χ1n) is 16.8. The summed E-state index contributed by atoms with van der Waals surface area (Å²) < 4.78 is 6.26. The third kappa shape index (κ3) is 8.24. The van der Waals surface area contributed by atoms with Gasteiger partial charge in [-0.05, 0) is 106 Å². The molecule has 11 heteroatoms. The van der Waals surface area contributed by atoms with Crippen LogP contribution < -0.4 is 20.7 Å². The van der Waals surface area contributed by atoms with Crippen LogP contribution in [0.15, 0.2) is 60.7 Å². The number of aromatic hydroxyl groups is 1. The number of likely N-dealkylation sites (N-methyl/N-ethyl adjacent to an activating group) is 1. The predicted molar refractivity (Wildman–Crippen MR) is 191 cm³/mol. The van der Waals surface area contributed by atoms with E-state index in [1.165, 1.54) is 18.7 Å². The van der Waals surface area contributed by atoms with Crippen molar-refractivity contribution >= 4 is 23.3 Å². The average Bonchev–Trinajstić information content (AvgIpc) is 3.05. The molecule has 1 aliphatic heterocycles. The number of benzene rings is 3. The van der Waals surface area contributed by atoms with Gasteiger partial charge in [0.05, 0.1) is 11.2 Å². The normalized spacial score (nSPS) is 15.8. The zero-order valence-electron chi connectivity index (χ0n) is 29.6. The summed E-state index contributed by atoms with van der Waals surface area (Å²) >= 11 is 0. The number of aliphatic hydroxyl groups is 2. The number of nitrogens with zero attached hydrogens (tertiary/aromatic N) is 2. The third-order valence-corrected chi connectivity index (χ3v) is 9.43. The lowest BCUT2D eigenvalue weighted by atomic mass is 9.81. The number of anilines is 1. The first-order chi connectivity index (χ1) is 23.0. The van der Waals surface area contributed by atoms with Gasteiger partial charge in [0.15, 0.2) is 6.17 Å². The van der Waals surface area contributed by atoms with Crippen LogP contribution in [0.4, 0.5) is 5.69 Å². The number of hydrogen-bond acceptors (Lipinski definition) is 8. The fraction of sp³-hybridized carbons (Fsp3) is 0.447. The minimum atomic E-state index is -1.47. The van der Waals surface area contributed by atoms with Gasteiger partial charge in [0.1, 0.15) is 29.0 Å². The van der Waals surface area contributed by atoms with Gasteiger partial charge >= 0.3 is 0 Å². The molecule has 7 N–H and O–H groups in total. The van der Waals surface area contributed by atoms with Gasteiger partial charge in [0.2, 0.25) is 0 Å². The zero-order valence-corrected chi connectivity index (χ0v) is 29.6. The number of amidine groups is 1. The molecule has 1 heterocycles. The molecule has 1 fully saturated rings. The Labute approximate surface area is 289 Å². The molecule has 1 aliphatic rings. The summed E-state index contributed by atoms with van der Waals surface area (Å²) in [6.07, 6.45) is -0.0916. The van der Waals surface area contributed by atoms with Crippen molar-refractivity contribution in [2.75, 3.05) is 24.5 Å². The second-order valence-corrected chi connectivity index (χ2v) is 13.8. The van der Waals surface area contributed by atoms with Crippen molar-refractivity contribution in [3.8, 4) is 11.5 Å². The number of ether oxygens (including phenoxy) is 1. The van der Waals surface area contributed by atoms with E-state index in [1.807, 2.05) is 20.8 Å². The molecular weight excluding hydrogens is 622 g/mol. The highest BCUT2D eigenvalue weighted by Crippen LogP contribution is 2.33. The number of aryl methyl sites for hydroxylation is 1. The van der Waals surface area contributed by atoms with Gasteiger partial charge in [-0.15, -0.1) is 0 Å². The number of phenols is 1. The van der Waals surface area contributed by atoms with E-state index in [9.17, 15) is 24.9 Å². The van der Waals surface area contributed by atoms with Crippen LogP contribution in [-0.2, 0) is 10.4 Å². The molecule has 1 saturated heterocycles. The molecule has 0 spiro atoms. The second kappa shape index (κ2) is 15.0. The van der Waals surface area contributed by atoms with Gasteiger partial charge in [0.25, 0.3) is 11.8 Å². The second-order valence-electron chi connectivity index (χ2n) is 13.8. The van der Waals surface area contributed by atoms with Crippen LogP contribution in [0.25, 0.3) is 0 Å². The van der Waals surface area contributed by atoms with Crippen molar-refractivity contribution in [3.63, 3.8) is 0 Å². The van der Waals surface area contributed by atoms with E-state index in [0.29, 0.717) is 55.0 Å². The van der Waals surface area contributed by atoms with Crippen LogP contribution in [0, 0.1) is 12.3 Å². The Morgan fingerprint density at radius 2 is 1.63 bits per heavy atom. The van der Waals surface area contributed by atoms with E-state index in [4.69, 9.17) is 15.9 Å². The summed E-state index contributed by atoms with van der Waals surface area (Å²) in [5.74, 6) is 0.0162.